The van der Waals surface area contributed by atoms with Crippen LogP contribution in [0.25, 0.3) is 11.3 Å². The van der Waals surface area contributed by atoms with Gasteiger partial charge < -0.3 is 14.3 Å². The number of aromatic nitrogens is 1. The highest BCUT2D eigenvalue weighted by molar-refractivity contribution is 6.34. The highest BCUT2D eigenvalue weighted by atomic mass is 35.5. The SMILES string of the molecule is COC(=O)C1(C)ON=C(c2cc(-c3ncc(C(F)(F)F)cc3Cl)c(F)cc2Cl)O1. The van der Waals surface area contributed by atoms with Crippen molar-refractivity contribution in [3.05, 3.63) is 51.4 Å². The molecule has 0 bridgehead atoms. The van der Waals surface area contributed by atoms with Crippen molar-refractivity contribution in [3.63, 3.8) is 0 Å². The van der Waals surface area contributed by atoms with Crippen molar-refractivity contribution in [1.82, 2.24) is 4.98 Å². The lowest BCUT2D eigenvalue weighted by atomic mass is 10.1. The van der Waals surface area contributed by atoms with E-state index in [9.17, 15) is 22.4 Å². The van der Waals surface area contributed by atoms with Gasteiger partial charge in [-0.05, 0) is 23.4 Å². The standard InChI is InChI=1S/C17H10Cl2F4N2O4/c1-16(15(26)27-2)28-14(25-29-16)8-4-9(12(20)5-10(8)18)13-11(19)3-7(6-24-13)17(21,22)23/h3-6H,1-2H3. The topological polar surface area (TPSA) is 70.0 Å². The van der Waals surface area contributed by atoms with Crippen molar-refractivity contribution >= 4 is 35.1 Å². The molecule has 0 N–H and O–H groups in total. The number of hydrogen-bond acceptors (Lipinski definition) is 6. The number of halogens is 6. The molecule has 0 fully saturated rings. The molecule has 29 heavy (non-hydrogen) atoms. The van der Waals surface area contributed by atoms with E-state index < -0.39 is 34.3 Å². The predicted molar refractivity (Wildman–Crippen MR) is 93.8 cm³/mol. The quantitative estimate of drug-likeness (QED) is 0.493. The molecule has 6 nitrogen and oxygen atoms in total. The van der Waals surface area contributed by atoms with Gasteiger partial charge in [0.25, 0.3) is 5.90 Å². The van der Waals surface area contributed by atoms with Gasteiger partial charge in [0.2, 0.25) is 0 Å². The van der Waals surface area contributed by atoms with Gasteiger partial charge in [-0.15, -0.1) is 0 Å². The molecule has 0 saturated carbocycles. The van der Waals surface area contributed by atoms with E-state index in [1.807, 2.05) is 0 Å². The van der Waals surface area contributed by atoms with Crippen LogP contribution in [0, 0.1) is 5.82 Å². The molecule has 12 heteroatoms. The van der Waals surface area contributed by atoms with Crippen molar-refractivity contribution in [3.8, 4) is 11.3 Å². The van der Waals surface area contributed by atoms with Crippen LogP contribution < -0.4 is 0 Å². The molecule has 1 aliphatic rings. The lowest BCUT2D eigenvalue weighted by Crippen LogP contribution is -2.38. The van der Waals surface area contributed by atoms with Crippen molar-refractivity contribution in [1.29, 1.82) is 0 Å². The van der Waals surface area contributed by atoms with E-state index in [0.717, 1.165) is 19.2 Å². The molecule has 2 heterocycles. The minimum atomic E-state index is -4.67. The van der Waals surface area contributed by atoms with Gasteiger partial charge in [0.15, 0.2) is 0 Å². The maximum atomic E-state index is 14.5. The number of rotatable bonds is 3. The van der Waals surface area contributed by atoms with Crippen LogP contribution in [-0.2, 0) is 25.3 Å². The molecule has 1 atom stereocenters. The number of alkyl halides is 3. The second-order valence-electron chi connectivity index (χ2n) is 5.89. The molecule has 154 valence electrons. The minimum Gasteiger partial charge on any atom is -0.463 e. The maximum absolute atomic E-state index is 14.5. The Kier molecular flexibility index (Phi) is 5.35. The van der Waals surface area contributed by atoms with Crippen LogP contribution in [0.5, 0.6) is 0 Å². The van der Waals surface area contributed by atoms with Crippen LogP contribution in [0.4, 0.5) is 17.6 Å². The second-order valence-corrected chi connectivity index (χ2v) is 6.71. The smallest absolute Gasteiger partial charge is 0.417 e. The normalized spacial score (nSPS) is 18.7. The van der Waals surface area contributed by atoms with Crippen molar-refractivity contribution in [2.45, 2.75) is 18.9 Å². The number of methoxy groups -OCH3 is 1. The molecular formula is C17H10Cl2F4N2O4. The van der Waals surface area contributed by atoms with Crippen LogP contribution in [-0.4, -0.2) is 29.7 Å². The Bertz CT molecular complexity index is 1030. The lowest BCUT2D eigenvalue weighted by molar-refractivity contribution is -0.198. The third-order valence-electron chi connectivity index (χ3n) is 3.86. The zero-order chi connectivity index (χ0) is 21.6. The fraction of sp³-hybridized carbons (Fsp3) is 0.235. The van der Waals surface area contributed by atoms with Gasteiger partial charge in [0.1, 0.15) is 5.82 Å². The molecule has 0 radical (unpaired) electrons. The van der Waals surface area contributed by atoms with Crippen molar-refractivity contribution in [2.75, 3.05) is 7.11 Å². The Hall–Kier alpha value is -2.59. The average Bonchev–Trinajstić information content (AvgIpc) is 3.04. The number of oxime groups is 1. The second kappa shape index (κ2) is 7.34. The van der Waals surface area contributed by atoms with E-state index in [1.165, 1.54) is 6.92 Å². The zero-order valence-corrected chi connectivity index (χ0v) is 16.1. The first-order chi connectivity index (χ1) is 13.5. The van der Waals surface area contributed by atoms with E-state index in [4.69, 9.17) is 32.8 Å². The Balaban J connectivity index is 2.03. The number of nitrogens with zero attached hydrogens (tertiary/aromatic N) is 2. The molecule has 1 aromatic carbocycles. The summed E-state index contributed by atoms with van der Waals surface area (Å²) in [5.41, 5.74) is -1.62. The van der Waals surface area contributed by atoms with Gasteiger partial charge >= 0.3 is 17.9 Å². The highest BCUT2D eigenvalue weighted by Crippen LogP contribution is 2.37. The van der Waals surface area contributed by atoms with E-state index in [0.29, 0.717) is 12.3 Å². The monoisotopic (exact) mass is 452 g/mol. The molecule has 0 aliphatic carbocycles. The van der Waals surface area contributed by atoms with E-state index >= 15 is 0 Å². The molecule has 1 aromatic heterocycles. The number of benzene rings is 1. The fourth-order valence-corrected chi connectivity index (χ4v) is 2.90. The number of carbonyl (C=O) groups excluding carboxylic acids is 1. The highest BCUT2D eigenvalue weighted by Gasteiger charge is 2.46. The zero-order valence-electron chi connectivity index (χ0n) is 14.6. The van der Waals surface area contributed by atoms with Gasteiger partial charge in [0.05, 0.1) is 34.0 Å². The van der Waals surface area contributed by atoms with Gasteiger partial charge in [-0.25, -0.2) is 9.18 Å². The maximum Gasteiger partial charge on any atom is 0.417 e. The third kappa shape index (κ3) is 3.95. The van der Waals surface area contributed by atoms with Crippen molar-refractivity contribution in [2.24, 2.45) is 5.16 Å². The van der Waals surface area contributed by atoms with Crippen molar-refractivity contribution < 1.29 is 36.7 Å². The predicted octanol–water partition coefficient (Wildman–Crippen LogP) is 4.81. The van der Waals surface area contributed by atoms with Crippen LogP contribution in [0.3, 0.4) is 0 Å². The summed E-state index contributed by atoms with van der Waals surface area (Å²) < 4.78 is 62.7. The van der Waals surface area contributed by atoms with Crippen LogP contribution in [0.1, 0.15) is 18.1 Å². The fourth-order valence-electron chi connectivity index (χ4n) is 2.40. The van der Waals surface area contributed by atoms with E-state index in [-0.39, 0.29) is 27.7 Å². The van der Waals surface area contributed by atoms with Gasteiger partial charge in [0, 0.05) is 18.7 Å². The summed E-state index contributed by atoms with van der Waals surface area (Å²) in [6, 6.07) is 2.62. The molecule has 1 aliphatic heterocycles. The average molecular weight is 453 g/mol. The summed E-state index contributed by atoms with van der Waals surface area (Å²) in [7, 11) is 1.11. The summed E-state index contributed by atoms with van der Waals surface area (Å²) in [5, 5.41) is 3.01. The summed E-state index contributed by atoms with van der Waals surface area (Å²) in [6.07, 6.45) is -4.14. The van der Waals surface area contributed by atoms with Gasteiger partial charge in [-0.3, -0.25) is 4.98 Å². The Labute approximate surface area is 171 Å². The van der Waals surface area contributed by atoms with Crippen LogP contribution in [0.2, 0.25) is 10.0 Å². The molecular weight excluding hydrogens is 443 g/mol. The number of esters is 1. The summed E-state index contributed by atoms with van der Waals surface area (Å²) >= 11 is 11.9. The van der Waals surface area contributed by atoms with Crippen LogP contribution in [0.15, 0.2) is 29.6 Å². The minimum absolute atomic E-state index is 0.00606. The van der Waals surface area contributed by atoms with E-state index in [2.05, 4.69) is 14.9 Å². The molecule has 2 aromatic rings. The Morgan fingerprint density at radius 1 is 1.17 bits per heavy atom. The lowest BCUT2D eigenvalue weighted by Gasteiger charge is -2.18. The first-order valence-electron chi connectivity index (χ1n) is 7.72. The Morgan fingerprint density at radius 3 is 2.45 bits per heavy atom. The number of pyridine rings is 1. The Morgan fingerprint density at radius 2 is 1.86 bits per heavy atom. The molecule has 0 saturated heterocycles. The third-order valence-corrected chi connectivity index (χ3v) is 4.46. The van der Waals surface area contributed by atoms with Gasteiger partial charge in [-0.2, -0.15) is 13.2 Å². The number of ether oxygens (including phenoxy) is 2. The van der Waals surface area contributed by atoms with Crippen LogP contribution >= 0.6 is 23.2 Å². The summed E-state index contributed by atoms with van der Waals surface area (Å²) in [6.45, 7) is 1.24. The molecule has 0 spiro atoms. The molecule has 3 rings (SSSR count). The first kappa shape index (κ1) is 21.1. The first-order valence-corrected chi connectivity index (χ1v) is 8.48. The van der Waals surface area contributed by atoms with E-state index in [1.54, 1.807) is 0 Å². The van der Waals surface area contributed by atoms with Gasteiger partial charge in [-0.1, -0.05) is 23.2 Å². The molecule has 1 unspecified atom stereocenters. The summed E-state index contributed by atoms with van der Waals surface area (Å²) in [4.78, 5) is 20.3. The number of hydrogen-bond donors (Lipinski definition) is 0. The molecule has 0 amide bonds. The summed E-state index contributed by atoms with van der Waals surface area (Å²) in [5.74, 6) is -3.94. The number of carbonyl (C=O) groups is 1. The largest absolute Gasteiger partial charge is 0.463 e.